The lowest BCUT2D eigenvalue weighted by atomic mass is 10.1. The summed E-state index contributed by atoms with van der Waals surface area (Å²) in [5.74, 6) is 2.34. The summed E-state index contributed by atoms with van der Waals surface area (Å²) in [5, 5.41) is 7.22. The van der Waals surface area contributed by atoms with Gasteiger partial charge in [-0.3, -0.25) is 4.99 Å². The van der Waals surface area contributed by atoms with E-state index in [9.17, 15) is 8.78 Å². The van der Waals surface area contributed by atoms with Gasteiger partial charge in [-0.15, -0.1) is 24.0 Å². The van der Waals surface area contributed by atoms with Gasteiger partial charge in [-0.25, -0.2) is 0 Å². The summed E-state index contributed by atoms with van der Waals surface area (Å²) in [4.78, 5) is 4.21. The summed E-state index contributed by atoms with van der Waals surface area (Å²) in [7, 11) is 3.16. The third-order valence-corrected chi connectivity index (χ3v) is 5.29. The minimum Gasteiger partial charge on any atom is -0.493 e. The molecule has 1 heterocycles. The predicted molar refractivity (Wildman–Crippen MR) is 114 cm³/mol. The van der Waals surface area contributed by atoms with Gasteiger partial charge < -0.3 is 20.1 Å². The van der Waals surface area contributed by atoms with Crippen molar-refractivity contribution in [1.82, 2.24) is 10.6 Å². The predicted octanol–water partition coefficient (Wildman–Crippen LogP) is 3.52. The second-order valence-electron chi connectivity index (χ2n) is 5.63. The molecular weight excluding hydrogens is 475 g/mol. The molecule has 1 saturated heterocycles. The number of benzene rings is 1. The highest BCUT2D eigenvalue weighted by atomic mass is 127. The number of nitrogens with zero attached hydrogens (tertiary/aromatic N) is 1. The lowest BCUT2D eigenvalue weighted by molar-refractivity contribution is -0.0512. The monoisotopic (exact) mass is 501 g/mol. The highest BCUT2D eigenvalue weighted by Crippen LogP contribution is 2.29. The molecule has 0 aliphatic carbocycles. The van der Waals surface area contributed by atoms with E-state index in [2.05, 4.69) is 20.4 Å². The van der Waals surface area contributed by atoms with Crippen molar-refractivity contribution in [2.45, 2.75) is 31.1 Å². The van der Waals surface area contributed by atoms with Gasteiger partial charge in [0.15, 0.2) is 17.5 Å². The van der Waals surface area contributed by atoms with E-state index in [1.807, 2.05) is 17.8 Å². The SMILES string of the molecule is CN=C(NCCc1ccc(OC)c(OC(F)F)c1)NCC1CCCS1.I. The molecular formula is C17H26F2IN3O2S. The van der Waals surface area contributed by atoms with Crippen LogP contribution in [0.2, 0.25) is 0 Å². The zero-order chi connectivity index (χ0) is 18.1. The van der Waals surface area contributed by atoms with Crippen molar-refractivity contribution < 1.29 is 18.3 Å². The van der Waals surface area contributed by atoms with Crippen LogP contribution in [-0.4, -0.2) is 50.8 Å². The summed E-state index contributed by atoms with van der Waals surface area (Å²) >= 11 is 1.99. The van der Waals surface area contributed by atoms with Crippen molar-refractivity contribution in [2.24, 2.45) is 4.99 Å². The number of ether oxygens (including phenoxy) is 2. The smallest absolute Gasteiger partial charge is 0.387 e. The number of aliphatic imine (C=N–C) groups is 1. The van der Waals surface area contributed by atoms with Crippen molar-refractivity contribution in [3.63, 3.8) is 0 Å². The molecule has 1 aliphatic heterocycles. The summed E-state index contributed by atoms with van der Waals surface area (Å²) in [6.07, 6.45) is 3.18. The molecule has 0 amide bonds. The zero-order valence-electron chi connectivity index (χ0n) is 15.0. The molecule has 1 fully saturated rings. The van der Waals surface area contributed by atoms with E-state index in [1.165, 1.54) is 25.7 Å². The summed E-state index contributed by atoms with van der Waals surface area (Å²) in [6, 6.07) is 5.06. The second kappa shape index (κ2) is 12.4. The standard InChI is InChI=1S/C17H25F2N3O2S.HI/c1-20-17(22-11-13-4-3-9-25-13)21-8-7-12-5-6-14(23-2)15(10-12)24-16(18)19;/h5-6,10,13,16H,3-4,7-9,11H2,1-2H3,(H2,20,21,22);1H. The summed E-state index contributed by atoms with van der Waals surface area (Å²) in [6.45, 7) is -1.34. The Bertz CT molecular complexity index is 573. The molecule has 1 aromatic rings. The number of halogens is 3. The van der Waals surface area contributed by atoms with Crippen LogP contribution < -0.4 is 20.1 Å². The summed E-state index contributed by atoms with van der Waals surface area (Å²) < 4.78 is 34.5. The Hall–Kier alpha value is -0.970. The van der Waals surface area contributed by atoms with Crippen LogP contribution in [0.4, 0.5) is 8.78 Å². The van der Waals surface area contributed by atoms with Gasteiger partial charge in [-0.2, -0.15) is 20.5 Å². The first-order valence-corrected chi connectivity index (χ1v) is 9.35. The Balaban J connectivity index is 0.00000338. The van der Waals surface area contributed by atoms with Crippen LogP contribution in [0, 0.1) is 0 Å². The van der Waals surface area contributed by atoms with Crippen molar-refractivity contribution in [3.8, 4) is 11.5 Å². The lowest BCUT2D eigenvalue weighted by Crippen LogP contribution is -2.40. The van der Waals surface area contributed by atoms with Crippen molar-refractivity contribution in [2.75, 3.05) is 33.0 Å². The van der Waals surface area contributed by atoms with Crippen molar-refractivity contribution in [1.29, 1.82) is 0 Å². The maximum atomic E-state index is 12.5. The highest BCUT2D eigenvalue weighted by Gasteiger charge is 2.15. The molecule has 1 aliphatic rings. The van der Waals surface area contributed by atoms with Gasteiger partial charge in [0.1, 0.15) is 0 Å². The van der Waals surface area contributed by atoms with Crippen molar-refractivity contribution >= 4 is 41.7 Å². The number of rotatable bonds is 8. The number of alkyl halides is 2. The first-order valence-electron chi connectivity index (χ1n) is 8.30. The molecule has 148 valence electrons. The molecule has 5 nitrogen and oxygen atoms in total. The molecule has 1 aromatic carbocycles. The second-order valence-corrected chi connectivity index (χ2v) is 7.04. The molecule has 2 rings (SSSR count). The Morgan fingerprint density at radius 2 is 2.15 bits per heavy atom. The minimum absolute atomic E-state index is 0. The van der Waals surface area contributed by atoms with Gasteiger partial charge in [-0.1, -0.05) is 6.07 Å². The number of hydrogen-bond donors (Lipinski definition) is 2. The summed E-state index contributed by atoms with van der Waals surface area (Å²) in [5.41, 5.74) is 0.880. The van der Waals surface area contributed by atoms with Crippen LogP contribution in [0.1, 0.15) is 18.4 Å². The molecule has 9 heteroatoms. The van der Waals surface area contributed by atoms with E-state index in [0.29, 0.717) is 24.0 Å². The Labute approximate surface area is 174 Å². The normalized spacial score (nSPS) is 17.0. The number of hydrogen-bond acceptors (Lipinski definition) is 4. The average Bonchev–Trinajstić information content (AvgIpc) is 3.11. The van der Waals surface area contributed by atoms with Crippen molar-refractivity contribution in [3.05, 3.63) is 23.8 Å². The minimum atomic E-state index is -2.88. The largest absolute Gasteiger partial charge is 0.493 e. The quantitative estimate of drug-likeness (QED) is 0.325. The van der Waals surface area contributed by atoms with E-state index >= 15 is 0 Å². The van der Waals surface area contributed by atoms with Crippen LogP contribution >= 0.6 is 35.7 Å². The number of guanidine groups is 1. The molecule has 2 N–H and O–H groups in total. The van der Waals surface area contributed by atoms with Gasteiger partial charge in [0, 0.05) is 25.4 Å². The Kier molecular flexibility index (Phi) is 11.0. The van der Waals surface area contributed by atoms with Crippen LogP contribution in [0.15, 0.2) is 23.2 Å². The molecule has 0 radical (unpaired) electrons. The van der Waals surface area contributed by atoms with E-state index < -0.39 is 6.61 Å². The fourth-order valence-electron chi connectivity index (χ4n) is 2.63. The highest BCUT2D eigenvalue weighted by molar-refractivity contribution is 14.0. The molecule has 1 unspecified atom stereocenters. The Morgan fingerprint density at radius 1 is 1.35 bits per heavy atom. The van der Waals surface area contributed by atoms with Gasteiger partial charge in [0.25, 0.3) is 0 Å². The first kappa shape index (κ1) is 23.1. The first-order chi connectivity index (χ1) is 12.1. The molecule has 0 bridgehead atoms. The molecule has 0 spiro atoms. The average molecular weight is 501 g/mol. The fraction of sp³-hybridized carbons (Fsp3) is 0.588. The van der Waals surface area contributed by atoms with Gasteiger partial charge >= 0.3 is 6.61 Å². The van der Waals surface area contributed by atoms with Gasteiger partial charge in [0.2, 0.25) is 0 Å². The lowest BCUT2D eigenvalue weighted by Gasteiger charge is -2.15. The maximum Gasteiger partial charge on any atom is 0.387 e. The zero-order valence-corrected chi connectivity index (χ0v) is 18.1. The number of thioether (sulfide) groups is 1. The third kappa shape index (κ3) is 7.73. The van der Waals surface area contributed by atoms with E-state index in [4.69, 9.17) is 4.74 Å². The topological polar surface area (TPSA) is 54.9 Å². The van der Waals surface area contributed by atoms with Crippen LogP contribution in [0.25, 0.3) is 0 Å². The van der Waals surface area contributed by atoms with E-state index in [1.54, 1.807) is 19.2 Å². The van der Waals surface area contributed by atoms with E-state index in [-0.39, 0.29) is 29.7 Å². The molecule has 0 aromatic heterocycles. The van der Waals surface area contributed by atoms with Crippen LogP contribution in [0.3, 0.4) is 0 Å². The third-order valence-electron chi connectivity index (χ3n) is 3.89. The fourth-order valence-corrected chi connectivity index (χ4v) is 3.83. The molecule has 0 saturated carbocycles. The molecule has 1 atom stereocenters. The maximum absolute atomic E-state index is 12.5. The Morgan fingerprint density at radius 3 is 2.77 bits per heavy atom. The van der Waals surface area contributed by atoms with Crippen LogP contribution in [-0.2, 0) is 6.42 Å². The van der Waals surface area contributed by atoms with Gasteiger partial charge in [0.05, 0.1) is 7.11 Å². The van der Waals surface area contributed by atoms with E-state index in [0.717, 1.165) is 18.1 Å². The molecule has 26 heavy (non-hydrogen) atoms. The van der Waals surface area contributed by atoms with Gasteiger partial charge in [-0.05, 0) is 42.7 Å². The van der Waals surface area contributed by atoms with Crippen LogP contribution in [0.5, 0.6) is 11.5 Å². The number of nitrogens with one attached hydrogen (secondary N) is 2. The number of methoxy groups -OCH3 is 1.